The van der Waals surface area contributed by atoms with Crippen molar-refractivity contribution in [1.82, 2.24) is 4.90 Å². The first-order valence-corrected chi connectivity index (χ1v) is 8.55. The van der Waals surface area contributed by atoms with Crippen LogP contribution in [0.25, 0.3) is 0 Å². The minimum absolute atomic E-state index is 0.216. The van der Waals surface area contributed by atoms with Gasteiger partial charge in [0.25, 0.3) is 0 Å². The molecule has 1 aromatic rings. The van der Waals surface area contributed by atoms with Crippen molar-refractivity contribution in [1.29, 1.82) is 0 Å². The summed E-state index contributed by atoms with van der Waals surface area (Å²) in [6.45, 7) is 0.216. The topological polar surface area (TPSA) is 92.5 Å². The average Bonchev–Trinajstić information content (AvgIpc) is 2.71. The van der Waals surface area contributed by atoms with Gasteiger partial charge in [-0.15, -0.1) is 0 Å². The number of rotatable bonds is 4. The quantitative estimate of drug-likeness (QED) is 0.825. The molecule has 1 heterocycles. The fraction of sp³-hybridized carbons (Fsp3) is 0.500. The molecule has 0 radical (unpaired) electrons. The van der Waals surface area contributed by atoms with Crippen LogP contribution in [0.4, 0.5) is 5.69 Å². The highest BCUT2D eigenvalue weighted by atomic mass is 16.2. The summed E-state index contributed by atoms with van der Waals surface area (Å²) in [6.07, 6.45) is 6.15. The van der Waals surface area contributed by atoms with Gasteiger partial charge in [0.05, 0.1) is 0 Å². The molecule has 24 heavy (non-hydrogen) atoms. The lowest BCUT2D eigenvalue weighted by molar-refractivity contribution is -0.147. The predicted molar refractivity (Wildman–Crippen MR) is 89.8 cm³/mol. The monoisotopic (exact) mass is 329 g/mol. The molecule has 0 unspecified atom stereocenters. The second-order valence-corrected chi connectivity index (χ2v) is 6.70. The maximum Gasteiger partial charge on any atom is 0.313 e. The molecule has 2 aliphatic rings. The van der Waals surface area contributed by atoms with Gasteiger partial charge in [0.1, 0.15) is 6.04 Å². The van der Waals surface area contributed by atoms with E-state index in [9.17, 15) is 14.4 Å². The number of primary amides is 1. The molecule has 3 amide bonds. The van der Waals surface area contributed by atoms with Crippen molar-refractivity contribution in [2.45, 2.75) is 51.1 Å². The zero-order valence-corrected chi connectivity index (χ0v) is 13.7. The molecule has 6 heteroatoms. The van der Waals surface area contributed by atoms with E-state index in [4.69, 9.17) is 5.73 Å². The number of carbonyl (C=O) groups is 3. The molecule has 0 saturated heterocycles. The zero-order valence-electron chi connectivity index (χ0n) is 13.7. The Morgan fingerprint density at radius 1 is 1.21 bits per heavy atom. The van der Waals surface area contributed by atoms with Crippen LogP contribution in [0.2, 0.25) is 0 Å². The van der Waals surface area contributed by atoms with E-state index in [1.807, 2.05) is 12.1 Å². The van der Waals surface area contributed by atoms with Gasteiger partial charge in [-0.25, -0.2) is 0 Å². The number of para-hydroxylation sites is 1. The van der Waals surface area contributed by atoms with Crippen molar-refractivity contribution in [3.8, 4) is 0 Å². The second-order valence-electron chi connectivity index (χ2n) is 6.70. The van der Waals surface area contributed by atoms with Crippen LogP contribution in [0.3, 0.4) is 0 Å². The highest BCUT2D eigenvalue weighted by Crippen LogP contribution is 2.30. The molecule has 1 aliphatic carbocycles. The summed E-state index contributed by atoms with van der Waals surface area (Å²) in [6, 6.07) is 6.51. The fourth-order valence-corrected chi connectivity index (χ4v) is 3.73. The van der Waals surface area contributed by atoms with E-state index in [0.29, 0.717) is 18.0 Å². The molecule has 1 aliphatic heterocycles. The van der Waals surface area contributed by atoms with Crippen molar-refractivity contribution in [2.75, 3.05) is 5.32 Å². The van der Waals surface area contributed by atoms with E-state index >= 15 is 0 Å². The Morgan fingerprint density at radius 2 is 1.92 bits per heavy atom. The lowest BCUT2D eigenvalue weighted by Crippen LogP contribution is -2.50. The van der Waals surface area contributed by atoms with Gasteiger partial charge in [-0.3, -0.25) is 14.4 Å². The van der Waals surface area contributed by atoms with E-state index in [2.05, 4.69) is 5.32 Å². The van der Waals surface area contributed by atoms with Crippen LogP contribution in [-0.4, -0.2) is 28.7 Å². The Morgan fingerprint density at radius 3 is 2.62 bits per heavy atom. The van der Waals surface area contributed by atoms with E-state index in [-0.39, 0.29) is 6.54 Å². The molecule has 3 rings (SSSR count). The number of carbonyl (C=O) groups excluding carboxylic acids is 3. The highest BCUT2D eigenvalue weighted by molar-refractivity contribution is 6.40. The third-order valence-electron chi connectivity index (χ3n) is 5.05. The van der Waals surface area contributed by atoms with E-state index in [1.54, 1.807) is 12.1 Å². The van der Waals surface area contributed by atoms with Gasteiger partial charge in [-0.05, 0) is 24.0 Å². The number of hydrogen-bond acceptors (Lipinski definition) is 3. The van der Waals surface area contributed by atoms with Gasteiger partial charge >= 0.3 is 11.8 Å². The molecule has 0 aromatic heterocycles. The molecular formula is C18H23N3O3. The zero-order chi connectivity index (χ0) is 17.1. The van der Waals surface area contributed by atoms with E-state index in [1.165, 1.54) is 11.3 Å². The average molecular weight is 329 g/mol. The van der Waals surface area contributed by atoms with Gasteiger partial charge in [0.2, 0.25) is 5.91 Å². The lowest BCUT2D eigenvalue weighted by Gasteiger charge is -2.32. The highest BCUT2D eigenvalue weighted by Gasteiger charge is 2.36. The number of amides is 3. The summed E-state index contributed by atoms with van der Waals surface area (Å²) in [5.41, 5.74) is 7.02. The minimum Gasteiger partial charge on any atom is -0.368 e. The molecule has 1 fully saturated rings. The smallest absolute Gasteiger partial charge is 0.313 e. The minimum atomic E-state index is -0.738. The van der Waals surface area contributed by atoms with Gasteiger partial charge < -0.3 is 16.0 Å². The first-order chi connectivity index (χ1) is 11.6. The summed E-state index contributed by atoms with van der Waals surface area (Å²) >= 11 is 0. The Hall–Kier alpha value is -2.37. The molecule has 6 nitrogen and oxygen atoms in total. The standard InChI is InChI=1S/C18H23N3O3/c19-16(22)15(10-12-6-2-1-3-7-12)21-11-13-8-4-5-9-14(13)20-17(23)18(21)24/h4-5,8-9,12,15H,1-3,6-7,10-11H2,(H2,19,22)(H,20,23)/t15-/m1/s1. The van der Waals surface area contributed by atoms with Crippen LogP contribution in [0.1, 0.15) is 44.1 Å². The molecule has 128 valence electrons. The van der Waals surface area contributed by atoms with Crippen LogP contribution in [0, 0.1) is 5.92 Å². The number of nitrogens with two attached hydrogens (primary N) is 1. The van der Waals surface area contributed by atoms with Gasteiger partial charge in [0.15, 0.2) is 0 Å². The summed E-state index contributed by atoms with van der Waals surface area (Å²) in [5.74, 6) is -1.56. The summed E-state index contributed by atoms with van der Waals surface area (Å²) in [7, 11) is 0. The largest absolute Gasteiger partial charge is 0.368 e. The predicted octanol–water partition coefficient (Wildman–Crippen LogP) is 1.79. The maximum absolute atomic E-state index is 12.5. The molecular weight excluding hydrogens is 306 g/mol. The fourth-order valence-electron chi connectivity index (χ4n) is 3.73. The van der Waals surface area contributed by atoms with Crippen LogP contribution >= 0.6 is 0 Å². The number of fused-ring (bicyclic) bond motifs is 1. The Bertz CT molecular complexity index is 653. The Kier molecular flexibility index (Phi) is 4.83. The first-order valence-electron chi connectivity index (χ1n) is 8.55. The van der Waals surface area contributed by atoms with Crippen molar-refractivity contribution in [3.63, 3.8) is 0 Å². The van der Waals surface area contributed by atoms with Gasteiger partial charge in [0, 0.05) is 12.2 Å². The van der Waals surface area contributed by atoms with Crippen LogP contribution in [0.5, 0.6) is 0 Å². The van der Waals surface area contributed by atoms with Crippen LogP contribution < -0.4 is 11.1 Å². The number of benzene rings is 1. The number of anilines is 1. The van der Waals surface area contributed by atoms with Crippen LogP contribution in [0.15, 0.2) is 24.3 Å². The molecule has 3 N–H and O–H groups in total. The molecule has 1 aromatic carbocycles. The van der Waals surface area contributed by atoms with Gasteiger partial charge in [-0.2, -0.15) is 0 Å². The third kappa shape index (κ3) is 3.42. The van der Waals surface area contributed by atoms with Crippen molar-refractivity contribution in [2.24, 2.45) is 11.7 Å². The third-order valence-corrected chi connectivity index (χ3v) is 5.05. The number of hydrogen-bond donors (Lipinski definition) is 2. The summed E-state index contributed by atoms with van der Waals surface area (Å²) < 4.78 is 0. The number of nitrogens with zero attached hydrogens (tertiary/aromatic N) is 1. The van der Waals surface area contributed by atoms with Crippen molar-refractivity contribution in [3.05, 3.63) is 29.8 Å². The molecule has 0 spiro atoms. The second kappa shape index (κ2) is 7.03. The molecule has 1 atom stereocenters. The van der Waals surface area contributed by atoms with Crippen LogP contribution in [-0.2, 0) is 20.9 Å². The maximum atomic E-state index is 12.5. The summed E-state index contributed by atoms with van der Waals surface area (Å²) in [5, 5.41) is 2.62. The Labute approximate surface area is 141 Å². The first kappa shape index (κ1) is 16.5. The van der Waals surface area contributed by atoms with Gasteiger partial charge in [-0.1, -0.05) is 50.3 Å². The van der Waals surface area contributed by atoms with E-state index in [0.717, 1.165) is 31.2 Å². The normalized spacial score (nSPS) is 20.1. The SMILES string of the molecule is NC(=O)[C@@H](CC1CCCCC1)N1Cc2ccccc2NC(=O)C1=O. The molecule has 0 bridgehead atoms. The molecule has 1 saturated carbocycles. The van der Waals surface area contributed by atoms with Crippen molar-refractivity contribution < 1.29 is 14.4 Å². The summed E-state index contributed by atoms with van der Waals surface area (Å²) in [4.78, 5) is 38.1. The number of nitrogens with one attached hydrogen (secondary N) is 1. The lowest BCUT2D eigenvalue weighted by atomic mass is 9.84. The van der Waals surface area contributed by atoms with E-state index < -0.39 is 23.8 Å². The van der Waals surface area contributed by atoms with Crippen molar-refractivity contribution >= 4 is 23.4 Å². The Balaban J connectivity index is 1.86.